The molecule has 31 heavy (non-hydrogen) atoms. The second-order valence-corrected chi connectivity index (χ2v) is 9.68. The largest absolute Gasteiger partial charge is 0.456 e. The third-order valence-electron chi connectivity index (χ3n) is 4.83. The number of aryl methyl sites for hydroxylation is 1. The number of esters is 1. The fourth-order valence-electron chi connectivity index (χ4n) is 3.22. The summed E-state index contributed by atoms with van der Waals surface area (Å²) in [5.41, 5.74) is 3.70. The van der Waals surface area contributed by atoms with E-state index in [1.54, 1.807) is 0 Å². The van der Waals surface area contributed by atoms with Crippen molar-refractivity contribution in [1.29, 1.82) is 0 Å². The predicted octanol–water partition coefficient (Wildman–Crippen LogP) is 6.50. The maximum absolute atomic E-state index is 13.1. The van der Waals surface area contributed by atoms with Crippen molar-refractivity contribution in [2.45, 2.75) is 46.6 Å². The van der Waals surface area contributed by atoms with Crippen LogP contribution >= 0.6 is 11.3 Å². The molecule has 0 bridgehead atoms. The summed E-state index contributed by atoms with van der Waals surface area (Å²) in [5.74, 6) is -0.792. The van der Waals surface area contributed by atoms with E-state index in [0.29, 0.717) is 17.0 Å². The van der Waals surface area contributed by atoms with Crippen LogP contribution in [0.5, 0.6) is 0 Å². The lowest BCUT2D eigenvalue weighted by Gasteiger charge is -2.20. The zero-order chi connectivity index (χ0) is 22.6. The molecule has 3 rings (SSSR count). The molecule has 3 aromatic rings. The van der Waals surface area contributed by atoms with E-state index in [1.807, 2.05) is 94.6 Å². The number of anilines is 1. The number of carbonyl (C=O) groups is 2. The van der Waals surface area contributed by atoms with Gasteiger partial charge in [-0.2, -0.15) is 0 Å². The van der Waals surface area contributed by atoms with Crippen LogP contribution in [-0.4, -0.2) is 17.5 Å². The molecular formula is C26H29NO3S. The Kier molecular flexibility index (Phi) is 6.96. The van der Waals surface area contributed by atoms with E-state index in [0.717, 1.165) is 22.3 Å². The molecule has 4 nitrogen and oxygen atoms in total. The van der Waals surface area contributed by atoms with Gasteiger partial charge in [-0.15, -0.1) is 11.3 Å². The number of nitrogens with one attached hydrogen (secondary N) is 1. The molecule has 1 atom stereocenters. The number of ether oxygens (including phenoxy) is 1. The van der Waals surface area contributed by atoms with Gasteiger partial charge >= 0.3 is 5.97 Å². The van der Waals surface area contributed by atoms with Gasteiger partial charge in [-0.3, -0.25) is 4.79 Å². The summed E-state index contributed by atoms with van der Waals surface area (Å²) in [6, 6.07) is 17.9. The molecule has 0 radical (unpaired) electrons. The van der Waals surface area contributed by atoms with Gasteiger partial charge < -0.3 is 10.1 Å². The summed E-state index contributed by atoms with van der Waals surface area (Å²) in [4.78, 5) is 26.0. The van der Waals surface area contributed by atoms with Gasteiger partial charge in [0.15, 0.2) is 0 Å². The summed E-state index contributed by atoms with van der Waals surface area (Å²) >= 11 is 1.35. The zero-order valence-corrected chi connectivity index (χ0v) is 19.5. The molecule has 1 aromatic heterocycles. The highest BCUT2D eigenvalue weighted by molar-refractivity contribution is 7.15. The maximum atomic E-state index is 13.1. The molecular weight excluding hydrogens is 406 g/mol. The number of amides is 1. The van der Waals surface area contributed by atoms with Gasteiger partial charge in [0.2, 0.25) is 5.91 Å². The molecule has 0 aliphatic carbocycles. The third kappa shape index (κ3) is 6.05. The van der Waals surface area contributed by atoms with Crippen molar-refractivity contribution < 1.29 is 14.3 Å². The van der Waals surface area contributed by atoms with Gasteiger partial charge in [0.1, 0.15) is 16.2 Å². The van der Waals surface area contributed by atoms with Crippen LogP contribution in [0.1, 0.15) is 49.2 Å². The van der Waals surface area contributed by atoms with Crippen LogP contribution in [0.2, 0.25) is 0 Å². The van der Waals surface area contributed by atoms with Gasteiger partial charge in [-0.1, -0.05) is 67.1 Å². The molecule has 0 aliphatic rings. The van der Waals surface area contributed by atoms with Crippen molar-refractivity contribution in [2.24, 2.45) is 5.92 Å². The van der Waals surface area contributed by atoms with E-state index in [2.05, 4.69) is 5.32 Å². The monoisotopic (exact) mass is 435 g/mol. The Morgan fingerprint density at radius 2 is 1.68 bits per heavy atom. The number of carbonyl (C=O) groups excluding carboxylic acids is 2. The van der Waals surface area contributed by atoms with E-state index < -0.39 is 11.6 Å². The van der Waals surface area contributed by atoms with Crippen LogP contribution < -0.4 is 5.32 Å². The molecule has 1 unspecified atom stereocenters. The average molecular weight is 436 g/mol. The van der Waals surface area contributed by atoms with Crippen LogP contribution in [-0.2, 0) is 16.0 Å². The third-order valence-corrected chi connectivity index (χ3v) is 5.72. The van der Waals surface area contributed by atoms with E-state index in [-0.39, 0.29) is 11.8 Å². The van der Waals surface area contributed by atoms with Crippen molar-refractivity contribution in [1.82, 2.24) is 0 Å². The maximum Gasteiger partial charge on any atom is 0.342 e. The number of hydrogen-bond donors (Lipinski definition) is 1. The molecule has 1 heterocycles. The first-order chi connectivity index (χ1) is 14.6. The zero-order valence-electron chi connectivity index (χ0n) is 18.7. The smallest absolute Gasteiger partial charge is 0.342 e. The van der Waals surface area contributed by atoms with E-state index in [1.165, 1.54) is 11.3 Å². The quantitative estimate of drug-likeness (QED) is 0.450. The number of rotatable bonds is 6. The molecule has 162 valence electrons. The Morgan fingerprint density at radius 3 is 2.29 bits per heavy atom. The summed E-state index contributed by atoms with van der Waals surface area (Å²) in [7, 11) is 0. The normalized spacial score (nSPS) is 12.3. The molecule has 1 N–H and O–H groups in total. The summed E-state index contributed by atoms with van der Waals surface area (Å²) in [5, 5.41) is 5.40. The number of benzene rings is 2. The second-order valence-electron chi connectivity index (χ2n) is 8.80. The van der Waals surface area contributed by atoms with Crippen molar-refractivity contribution in [3.05, 3.63) is 76.7 Å². The van der Waals surface area contributed by atoms with Crippen LogP contribution in [0.25, 0.3) is 11.1 Å². The molecule has 1 amide bonds. The highest BCUT2D eigenvalue weighted by Crippen LogP contribution is 2.37. The van der Waals surface area contributed by atoms with Gasteiger partial charge in [0.25, 0.3) is 0 Å². The van der Waals surface area contributed by atoms with Gasteiger partial charge in [-0.05, 0) is 45.2 Å². The SMILES string of the molecule is Cc1ccc(-c2csc(NC(=O)C(C)Cc3ccccc3)c2C(=O)OC(C)(C)C)cc1. The summed E-state index contributed by atoms with van der Waals surface area (Å²) in [6.07, 6.45) is 0.630. The second kappa shape index (κ2) is 9.48. The Morgan fingerprint density at radius 1 is 1.03 bits per heavy atom. The van der Waals surface area contributed by atoms with Gasteiger partial charge in [-0.25, -0.2) is 4.79 Å². The number of hydrogen-bond acceptors (Lipinski definition) is 4. The standard InChI is InChI=1S/C26H29NO3S/c1-17-11-13-20(14-12-17)21-16-31-24(22(21)25(29)30-26(3,4)5)27-23(28)18(2)15-19-9-7-6-8-10-19/h6-14,16,18H,15H2,1-5H3,(H,27,28). The Bertz CT molecular complexity index is 1050. The molecule has 0 saturated carbocycles. The van der Waals surface area contributed by atoms with E-state index >= 15 is 0 Å². The molecule has 0 saturated heterocycles. The topological polar surface area (TPSA) is 55.4 Å². The number of thiophene rings is 1. The highest BCUT2D eigenvalue weighted by atomic mass is 32.1. The van der Waals surface area contributed by atoms with Crippen molar-refractivity contribution in [3.8, 4) is 11.1 Å². The van der Waals surface area contributed by atoms with E-state index in [9.17, 15) is 9.59 Å². The van der Waals surface area contributed by atoms with Crippen molar-refractivity contribution in [2.75, 3.05) is 5.32 Å². The van der Waals surface area contributed by atoms with Crippen LogP contribution in [0.4, 0.5) is 5.00 Å². The lowest BCUT2D eigenvalue weighted by molar-refractivity contribution is -0.119. The molecule has 5 heteroatoms. The summed E-state index contributed by atoms with van der Waals surface area (Å²) in [6.45, 7) is 9.42. The van der Waals surface area contributed by atoms with Crippen LogP contribution in [0, 0.1) is 12.8 Å². The first-order valence-corrected chi connectivity index (χ1v) is 11.3. The fourth-order valence-corrected chi connectivity index (χ4v) is 4.18. The first-order valence-electron chi connectivity index (χ1n) is 10.4. The van der Waals surface area contributed by atoms with Crippen molar-refractivity contribution >= 4 is 28.2 Å². The van der Waals surface area contributed by atoms with E-state index in [4.69, 9.17) is 4.74 Å². The predicted molar refractivity (Wildman–Crippen MR) is 128 cm³/mol. The van der Waals surface area contributed by atoms with Crippen LogP contribution in [0.15, 0.2) is 60.0 Å². The molecule has 0 fully saturated rings. The van der Waals surface area contributed by atoms with Crippen molar-refractivity contribution in [3.63, 3.8) is 0 Å². The van der Waals surface area contributed by atoms with Gasteiger partial charge in [0, 0.05) is 16.9 Å². The minimum absolute atomic E-state index is 0.119. The molecule has 2 aromatic carbocycles. The lowest BCUT2D eigenvalue weighted by atomic mass is 10.00. The first kappa shape index (κ1) is 22.8. The molecule has 0 spiro atoms. The molecule has 0 aliphatic heterocycles. The Balaban J connectivity index is 1.89. The summed E-state index contributed by atoms with van der Waals surface area (Å²) < 4.78 is 5.66. The Hall–Kier alpha value is -2.92. The highest BCUT2D eigenvalue weighted by Gasteiger charge is 2.27. The Labute approximate surface area is 188 Å². The van der Waals surface area contributed by atoms with Gasteiger partial charge in [0.05, 0.1) is 0 Å². The average Bonchev–Trinajstić information content (AvgIpc) is 3.11. The lowest BCUT2D eigenvalue weighted by Crippen LogP contribution is -2.26. The minimum atomic E-state index is -0.633. The fraction of sp³-hybridized carbons (Fsp3) is 0.308. The van der Waals surface area contributed by atoms with Crippen LogP contribution in [0.3, 0.4) is 0 Å². The minimum Gasteiger partial charge on any atom is -0.456 e.